The third-order valence-electron chi connectivity index (χ3n) is 5.96. The second kappa shape index (κ2) is 8.50. The third kappa shape index (κ3) is 3.71. The van der Waals surface area contributed by atoms with Gasteiger partial charge in [-0.25, -0.2) is 4.68 Å². The van der Waals surface area contributed by atoms with E-state index in [4.69, 9.17) is 14.3 Å². The van der Waals surface area contributed by atoms with Gasteiger partial charge in [-0.1, -0.05) is 66.7 Å². The molecule has 6 rings (SSSR count). The molecule has 2 aromatic heterocycles. The molecule has 0 atom stereocenters. The number of benzene rings is 4. The van der Waals surface area contributed by atoms with Gasteiger partial charge in [-0.3, -0.25) is 4.79 Å². The first kappa shape index (κ1) is 20.7. The van der Waals surface area contributed by atoms with Crippen LogP contribution in [0.3, 0.4) is 0 Å². The number of hydrogen-bond donors (Lipinski definition) is 1. The van der Waals surface area contributed by atoms with E-state index in [1.165, 1.54) is 0 Å². The molecule has 0 aliphatic heterocycles. The van der Waals surface area contributed by atoms with Gasteiger partial charge in [0.2, 0.25) is 0 Å². The Balaban J connectivity index is 1.43. The Morgan fingerprint density at radius 2 is 1.54 bits per heavy atom. The van der Waals surface area contributed by atoms with Crippen LogP contribution in [0.4, 0.5) is 5.69 Å². The largest absolute Gasteiger partial charge is 0.495 e. The number of anilines is 1. The lowest BCUT2D eigenvalue weighted by Gasteiger charge is -2.11. The van der Waals surface area contributed by atoms with Crippen molar-refractivity contribution in [1.82, 2.24) is 9.78 Å². The highest BCUT2D eigenvalue weighted by Gasteiger charge is 2.20. The molecule has 0 spiro atoms. The molecule has 0 bridgehead atoms. The number of rotatable bonds is 5. The number of nitrogens with one attached hydrogen (secondary N) is 1. The zero-order chi connectivity index (χ0) is 23.8. The van der Waals surface area contributed by atoms with Crippen LogP contribution in [0.5, 0.6) is 5.75 Å². The van der Waals surface area contributed by atoms with Gasteiger partial charge in [-0.15, -0.1) is 0 Å². The lowest BCUT2D eigenvalue weighted by molar-refractivity contribution is 0.101. The molecule has 0 aliphatic carbocycles. The number of methoxy groups -OCH3 is 1. The van der Waals surface area contributed by atoms with Crippen molar-refractivity contribution < 1.29 is 13.9 Å². The van der Waals surface area contributed by atoms with Gasteiger partial charge in [-0.05, 0) is 30.3 Å². The minimum Gasteiger partial charge on any atom is -0.495 e. The molecule has 35 heavy (non-hydrogen) atoms. The molecule has 0 unspecified atom stereocenters. The van der Waals surface area contributed by atoms with Gasteiger partial charge in [0.25, 0.3) is 5.91 Å². The van der Waals surface area contributed by atoms with Gasteiger partial charge >= 0.3 is 0 Å². The summed E-state index contributed by atoms with van der Waals surface area (Å²) in [5.74, 6) is 0.240. The fraction of sp³-hybridized carbons (Fsp3) is 0.0345. The van der Waals surface area contributed by atoms with Crippen molar-refractivity contribution in [2.45, 2.75) is 0 Å². The average molecular weight is 460 g/mol. The minimum absolute atomic E-state index is 0.308. The van der Waals surface area contributed by atoms with Crippen LogP contribution in [0, 0.1) is 0 Å². The summed E-state index contributed by atoms with van der Waals surface area (Å²) in [6.45, 7) is 0. The summed E-state index contributed by atoms with van der Waals surface area (Å²) in [6.07, 6.45) is 0. The summed E-state index contributed by atoms with van der Waals surface area (Å²) in [4.78, 5) is 13.6. The number of fused-ring (bicyclic) bond motifs is 3. The highest BCUT2D eigenvalue weighted by Crippen LogP contribution is 2.36. The van der Waals surface area contributed by atoms with Crippen LogP contribution in [0.2, 0.25) is 0 Å². The first-order valence-corrected chi connectivity index (χ1v) is 11.2. The highest BCUT2D eigenvalue weighted by atomic mass is 16.5. The SMILES string of the molecule is COc1cc2c(cc1NC(=O)c1cc(-c3ccccc3)nn1-c1ccccc1)oc1ccccc12. The number of aromatic nitrogens is 2. The minimum atomic E-state index is -0.308. The van der Waals surface area contributed by atoms with E-state index in [2.05, 4.69) is 5.32 Å². The van der Waals surface area contributed by atoms with Gasteiger partial charge in [0.05, 0.1) is 24.2 Å². The molecule has 0 saturated carbocycles. The fourth-order valence-electron chi connectivity index (χ4n) is 4.26. The second-order valence-corrected chi connectivity index (χ2v) is 8.13. The van der Waals surface area contributed by atoms with Crippen molar-refractivity contribution in [2.24, 2.45) is 0 Å². The Kier molecular flexibility index (Phi) is 5.04. The number of para-hydroxylation sites is 2. The van der Waals surface area contributed by atoms with Gasteiger partial charge in [-0.2, -0.15) is 5.10 Å². The van der Waals surface area contributed by atoms with Crippen molar-refractivity contribution in [1.29, 1.82) is 0 Å². The predicted octanol–water partition coefficient (Wildman–Crippen LogP) is 6.70. The van der Waals surface area contributed by atoms with Crippen LogP contribution < -0.4 is 10.1 Å². The summed E-state index contributed by atoms with van der Waals surface area (Å²) < 4.78 is 13.3. The van der Waals surface area contributed by atoms with E-state index in [-0.39, 0.29) is 5.91 Å². The molecule has 0 saturated heterocycles. The topological polar surface area (TPSA) is 69.3 Å². The van der Waals surface area contributed by atoms with E-state index < -0.39 is 0 Å². The van der Waals surface area contributed by atoms with Crippen molar-refractivity contribution in [3.8, 4) is 22.7 Å². The molecule has 1 amide bonds. The maximum atomic E-state index is 13.6. The van der Waals surface area contributed by atoms with Gasteiger partial charge in [0.15, 0.2) is 0 Å². The lowest BCUT2D eigenvalue weighted by Crippen LogP contribution is -2.17. The van der Waals surface area contributed by atoms with Crippen molar-refractivity contribution in [3.63, 3.8) is 0 Å². The van der Waals surface area contributed by atoms with E-state index in [0.717, 1.165) is 27.6 Å². The lowest BCUT2D eigenvalue weighted by atomic mass is 10.1. The zero-order valence-electron chi connectivity index (χ0n) is 18.9. The molecule has 2 heterocycles. The molecule has 6 nitrogen and oxygen atoms in total. The summed E-state index contributed by atoms with van der Waals surface area (Å²) in [6, 6.07) is 32.7. The van der Waals surface area contributed by atoms with Crippen LogP contribution in [0.15, 0.2) is 108 Å². The maximum Gasteiger partial charge on any atom is 0.274 e. The molecule has 0 aliphatic rings. The summed E-state index contributed by atoms with van der Waals surface area (Å²) in [7, 11) is 1.58. The average Bonchev–Trinajstić information content (AvgIpc) is 3.51. The van der Waals surface area contributed by atoms with E-state index >= 15 is 0 Å². The Bertz CT molecular complexity index is 1670. The quantitative estimate of drug-likeness (QED) is 0.311. The Hall–Kier alpha value is -4.84. The molecular formula is C29H21N3O3. The molecule has 170 valence electrons. The molecule has 0 radical (unpaired) electrons. The van der Waals surface area contributed by atoms with Crippen molar-refractivity contribution in [2.75, 3.05) is 12.4 Å². The van der Waals surface area contributed by atoms with Gasteiger partial charge in [0.1, 0.15) is 22.6 Å². The van der Waals surface area contributed by atoms with Crippen LogP contribution in [0.1, 0.15) is 10.5 Å². The van der Waals surface area contributed by atoms with Crippen LogP contribution >= 0.6 is 0 Å². The summed E-state index contributed by atoms with van der Waals surface area (Å²) in [5.41, 5.74) is 4.80. The first-order valence-electron chi connectivity index (χ1n) is 11.2. The molecular weight excluding hydrogens is 438 g/mol. The fourth-order valence-corrected chi connectivity index (χ4v) is 4.26. The number of hydrogen-bond acceptors (Lipinski definition) is 4. The monoisotopic (exact) mass is 459 g/mol. The Morgan fingerprint density at radius 1 is 0.829 bits per heavy atom. The number of carbonyl (C=O) groups is 1. The normalized spacial score (nSPS) is 11.1. The summed E-state index contributed by atoms with van der Waals surface area (Å²) >= 11 is 0. The molecule has 6 heteroatoms. The van der Waals surface area contributed by atoms with Crippen molar-refractivity contribution >= 4 is 33.5 Å². The number of carbonyl (C=O) groups excluding carboxylic acids is 1. The third-order valence-corrected chi connectivity index (χ3v) is 5.96. The van der Waals surface area contributed by atoms with E-state index in [9.17, 15) is 4.79 Å². The van der Waals surface area contributed by atoms with E-state index in [1.54, 1.807) is 23.9 Å². The van der Waals surface area contributed by atoms with Crippen LogP contribution in [0.25, 0.3) is 38.9 Å². The smallest absolute Gasteiger partial charge is 0.274 e. The maximum absolute atomic E-state index is 13.6. The molecule has 6 aromatic rings. The Labute approximate surface area is 201 Å². The second-order valence-electron chi connectivity index (χ2n) is 8.13. The standard InChI is InChI=1S/C29H21N3O3/c1-34-28-16-22-21-14-8-9-15-26(21)35-27(22)18-24(28)30-29(33)25-17-23(19-10-4-2-5-11-19)31-32(25)20-12-6-3-7-13-20/h2-18H,1H3,(H,30,33). The molecule has 0 fully saturated rings. The predicted molar refractivity (Wildman–Crippen MR) is 137 cm³/mol. The molecule has 1 N–H and O–H groups in total. The van der Waals surface area contributed by atoms with Crippen LogP contribution in [-0.2, 0) is 0 Å². The van der Waals surface area contributed by atoms with E-state index in [1.807, 2.05) is 91.0 Å². The highest BCUT2D eigenvalue weighted by molar-refractivity contribution is 6.10. The van der Waals surface area contributed by atoms with Gasteiger partial charge < -0.3 is 14.5 Å². The zero-order valence-corrected chi connectivity index (χ0v) is 18.9. The molecule has 4 aromatic carbocycles. The number of ether oxygens (including phenoxy) is 1. The van der Waals surface area contributed by atoms with Crippen molar-refractivity contribution in [3.05, 3.63) is 109 Å². The summed E-state index contributed by atoms with van der Waals surface area (Å²) in [5, 5.41) is 9.67. The Morgan fingerprint density at radius 3 is 2.31 bits per heavy atom. The first-order chi connectivity index (χ1) is 17.2. The number of furan rings is 1. The van der Waals surface area contributed by atoms with Gasteiger partial charge in [0, 0.05) is 22.4 Å². The number of nitrogens with zero attached hydrogens (tertiary/aromatic N) is 2. The van der Waals surface area contributed by atoms with E-state index in [0.29, 0.717) is 28.4 Å². The number of amides is 1. The van der Waals surface area contributed by atoms with Crippen LogP contribution in [-0.4, -0.2) is 22.8 Å².